The van der Waals surface area contributed by atoms with Gasteiger partial charge in [0.2, 0.25) is 0 Å². The van der Waals surface area contributed by atoms with E-state index in [2.05, 4.69) is 31.9 Å². The minimum absolute atomic E-state index is 0. The fraction of sp³-hybridized carbons (Fsp3) is 0.548. The van der Waals surface area contributed by atoms with Crippen molar-refractivity contribution in [2.45, 2.75) is 82.0 Å². The van der Waals surface area contributed by atoms with E-state index in [1.165, 1.54) is 11.1 Å². The minimum atomic E-state index is -0.900. The van der Waals surface area contributed by atoms with Gasteiger partial charge in [-0.1, -0.05) is 44.2 Å². The number of carboxylic acids is 1. The van der Waals surface area contributed by atoms with Crippen molar-refractivity contribution in [3.05, 3.63) is 58.7 Å². The Hall–Kier alpha value is -2.61. The molecule has 0 radical (unpaired) electrons. The van der Waals surface area contributed by atoms with Gasteiger partial charge in [0, 0.05) is 18.0 Å². The molecule has 2 aliphatic carbocycles. The number of carboxylic acid groups (broad SMARTS) is 1. The summed E-state index contributed by atoms with van der Waals surface area (Å²) in [7, 11) is 3.70. The Morgan fingerprint density at radius 1 is 1.15 bits per heavy atom. The summed E-state index contributed by atoms with van der Waals surface area (Å²) in [6.07, 6.45) is 2.94. The number of hydrogen-bond donors (Lipinski definition) is 2. The van der Waals surface area contributed by atoms with E-state index in [9.17, 15) is 14.7 Å². The molecule has 8 heteroatoms. The number of likely N-dealkylation sites (N-methyl/N-ethyl adjacent to an activating group) is 1. The van der Waals surface area contributed by atoms with Crippen LogP contribution in [-0.2, 0) is 27.8 Å². The van der Waals surface area contributed by atoms with Crippen LogP contribution in [0.1, 0.15) is 68.2 Å². The van der Waals surface area contributed by atoms with Crippen molar-refractivity contribution < 1.29 is 29.3 Å². The lowest BCUT2D eigenvalue weighted by Gasteiger charge is -2.62. The van der Waals surface area contributed by atoms with E-state index < -0.39 is 29.0 Å². The van der Waals surface area contributed by atoms with E-state index in [0.29, 0.717) is 30.3 Å². The molecule has 2 aromatic rings. The largest absolute Gasteiger partial charge is 0.493 e. The van der Waals surface area contributed by atoms with Crippen LogP contribution in [-0.4, -0.2) is 65.3 Å². The van der Waals surface area contributed by atoms with Gasteiger partial charge in [-0.2, -0.15) is 0 Å². The van der Waals surface area contributed by atoms with Gasteiger partial charge in [0.15, 0.2) is 23.4 Å². The highest BCUT2D eigenvalue weighted by atomic mass is 35.5. The standard InChI is InChI=1S/C18H21NO4.C13H18O2.ClH/c1-19-8-7-17-14-10-3-4-12(22-2)15(14)23-16(17)11(20)5-6-18(17,21)13(19)9-10;1-9(2)8-11-4-6-12(7-5-11)10(3)13(14)15;/h3-4,13,16,21H,5-9H2,1-2H3;4-7,9-10H,8H2,1-3H3,(H,14,15);1H/t13-,16+,17+,18-;;/m1../s1. The van der Waals surface area contributed by atoms with Gasteiger partial charge in [0.05, 0.1) is 24.0 Å². The van der Waals surface area contributed by atoms with Crippen molar-refractivity contribution in [3.8, 4) is 11.5 Å². The molecule has 2 bridgehead atoms. The van der Waals surface area contributed by atoms with Gasteiger partial charge < -0.3 is 24.6 Å². The van der Waals surface area contributed by atoms with E-state index in [4.69, 9.17) is 14.6 Å². The van der Waals surface area contributed by atoms with Crippen LogP contribution in [0.5, 0.6) is 11.5 Å². The van der Waals surface area contributed by atoms with Crippen LogP contribution in [0.25, 0.3) is 0 Å². The Balaban J connectivity index is 0.000000194. The fourth-order valence-corrected chi connectivity index (χ4v) is 7.24. The van der Waals surface area contributed by atoms with Crippen molar-refractivity contribution in [3.63, 3.8) is 0 Å². The highest BCUT2D eigenvalue weighted by Gasteiger charge is 2.72. The van der Waals surface area contributed by atoms with Gasteiger partial charge in [-0.25, -0.2) is 0 Å². The number of methoxy groups -OCH3 is 1. The SMILES string of the molecule is CC(C)Cc1ccc(C(C)C(=O)O)cc1.COc1ccc2c3c1O[C@H]1C(=O)CC[C@@]4(O)[C@@H](C2)N(C)CC[C@]314.Cl. The number of ether oxygens (including phenoxy) is 2. The highest BCUT2D eigenvalue weighted by molar-refractivity contribution is 5.90. The van der Waals surface area contributed by atoms with Crippen LogP contribution in [0.2, 0.25) is 0 Å². The molecule has 1 unspecified atom stereocenters. The number of carbonyl (C=O) groups is 2. The summed E-state index contributed by atoms with van der Waals surface area (Å²) in [4.78, 5) is 25.7. The fourth-order valence-electron chi connectivity index (χ4n) is 7.24. The number of Topliss-reactive ketones (excluding diaryl/α,β-unsaturated/α-hetero) is 1. The number of carbonyl (C=O) groups excluding carboxylic acids is 1. The number of aliphatic hydroxyl groups is 1. The first-order valence-corrected chi connectivity index (χ1v) is 13.7. The third kappa shape index (κ3) is 4.52. The molecular weight excluding hydrogens is 518 g/mol. The minimum Gasteiger partial charge on any atom is -0.493 e. The number of likely N-dealkylation sites (tertiary alicyclic amines) is 1. The Kier molecular flexibility index (Phi) is 8.10. The topological polar surface area (TPSA) is 96.3 Å². The maximum absolute atomic E-state index is 12.7. The number of aliphatic carboxylic acids is 1. The van der Waals surface area contributed by atoms with Gasteiger partial charge in [-0.15, -0.1) is 12.4 Å². The number of halogens is 1. The summed E-state index contributed by atoms with van der Waals surface area (Å²) in [5.74, 6) is 0.910. The van der Waals surface area contributed by atoms with Gasteiger partial charge in [-0.3, -0.25) is 9.59 Å². The number of hydrogen-bond acceptors (Lipinski definition) is 6. The zero-order chi connectivity index (χ0) is 27.4. The molecule has 2 N–H and O–H groups in total. The number of ketones is 1. The average molecular weight is 558 g/mol. The lowest BCUT2D eigenvalue weighted by Crippen LogP contribution is -2.76. The molecule has 0 aromatic heterocycles. The Bertz CT molecular complexity index is 1250. The first-order chi connectivity index (χ1) is 18.0. The van der Waals surface area contributed by atoms with E-state index >= 15 is 0 Å². The normalized spacial score (nSPS) is 28.8. The lowest BCUT2D eigenvalue weighted by molar-refractivity contribution is -0.185. The zero-order valence-corrected chi connectivity index (χ0v) is 24.2. The van der Waals surface area contributed by atoms with Gasteiger partial charge in [-0.05, 0) is 74.9 Å². The molecule has 1 saturated carbocycles. The Morgan fingerprint density at radius 2 is 1.85 bits per heavy atom. The average Bonchev–Trinajstić information content (AvgIpc) is 3.24. The monoisotopic (exact) mass is 557 g/mol. The van der Waals surface area contributed by atoms with E-state index in [1.807, 2.05) is 30.3 Å². The third-order valence-electron chi connectivity index (χ3n) is 9.22. The molecule has 2 fully saturated rings. The third-order valence-corrected chi connectivity index (χ3v) is 9.22. The number of piperidine rings is 1. The molecule has 5 atom stereocenters. The van der Waals surface area contributed by atoms with Crippen LogP contribution in [0.3, 0.4) is 0 Å². The maximum atomic E-state index is 12.7. The van der Waals surface area contributed by atoms with E-state index in [-0.39, 0.29) is 24.2 Å². The molecule has 6 rings (SSSR count). The molecule has 2 aromatic carbocycles. The molecule has 0 amide bonds. The molecule has 1 saturated heterocycles. The van der Waals surface area contributed by atoms with Gasteiger partial charge in [0.1, 0.15) is 0 Å². The van der Waals surface area contributed by atoms with Crippen molar-refractivity contribution in [1.82, 2.24) is 4.90 Å². The zero-order valence-electron chi connectivity index (χ0n) is 23.4. The second-order valence-corrected chi connectivity index (χ2v) is 11.8. The summed E-state index contributed by atoms with van der Waals surface area (Å²) >= 11 is 0. The first kappa shape index (κ1) is 29.4. The summed E-state index contributed by atoms with van der Waals surface area (Å²) < 4.78 is 11.6. The number of benzene rings is 2. The summed E-state index contributed by atoms with van der Waals surface area (Å²) in [6.45, 7) is 6.93. The lowest BCUT2D eigenvalue weighted by atomic mass is 9.49. The Morgan fingerprint density at radius 3 is 2.46 bits per heavy atom. The van der Waals surface area contributed by atoms with Crippen molar-refractivity contribution in [2.24, 2.45) is 5.92 Å². The number of rotatable bonds is 5. The summed E-state index contributed by atoms with van der Waals surface area (Å²) in [6, 6.07) is 11.9. The Labute approximate surface area is 236 Å². The quantitative estimate of drug-likeness (QED) is 0.557. The van der Waals surface area contributed by atoms with Crippen molar-refractivity contribution >= 4 is 24.2 Å². The highest BCUT2D eigenvalue weighted by Crippen LogP contribution is 2.64. The summed E-state index contributed by atoms with van der Waals surface area (Å²) in [5.41, 5.74) is 2.88. The second kappa shape index (κ2) is 10.8. The predicted molar refractivity (Wildman–Crippen MR) is 151 cm³/mol. The predicted octanol–water partition coefficient (Wildman–Crippen LogP) is 4.54. The summed E-state index contributed by atoms with van der Waals surface area (Å²) in [5, 5.41) is 20.6. The maximum Gasteiger partial charge on any atom is 0.310 e. The molecule has 7 nitrogen and oxygen atoms in total. The molecule has 39 heavy (non-hydrogen) atoms. The molecule has 1 spiro atoms. The van der Waals surface area contributed by atoms with Crippen LogP contribution >= 0.6 is 12.4 Å². The van der Waals surface area contributed by atoms with Crippen LogP contribution < -0.4 is 9.47 Å². The van der Waals surface area contributed by atoms with Crippen molar-refractivity contribution in [1.29, 1.82) is 0 Å². The molecule has 4 aliphatic rings. The van der Waals surface area contributed by atoms with Crippen molar-refractivity contribution in [2.75, 3.05) is 20.7 Å². The van der Waals surface area contributed by atoms with E-state index in [0.717, 1.165) is 36.9 Å². The second-order valence-electron chi connectivity index (χ2n) is 11.8. The van der Waals surface area contributed by atoms with Gasteiger partial charge in [0.25, 0.3) is 0 Å². The first-order valence-electron chi connectivity index (χ1n) is 13.7. The van der Waals surface area contributed by atoms with Crippen LogP contribution in [0.4, 0.5) is 0 Å². The smallest absolute Gasteiger partial charge is 0.310 e. The molecule has 212 valence electrons. The molecule has 2 heterocycles. The molecular formula is C31H40ClNO6. The van der Waals surface area contributed by atoms with E-state index in [1.54, 1.807) is 14.0 Å². The van der Waals surface area contributed by atoms with Crippen LogP contribution in [0.15, 0.2) is 36.4 Å². The number of nitrogens with zero attached hydrogens (tertiary/aromatic N) is 1. The van der Waals surface area contributed by atoms with Gasteiger partial charge >= 0.3 is 5.97 Å². The van der Waals surface area contributed by atoms with Crippen LogP contribution in [0, 0.1) is 5.92 Å². The molecule has 2 aliphatic heterocycles.